The Bertz CT molecular complexity index is 761. The molecule has 3 rings (SSSR count). The molecule has 0 unspecified atom stereocenters. The molecule has 3 heterocycles. The highest BCUT2D eigenvalue weighted by Gasteiger charge is 2.44. The lowest BCUT2D eigenvalue weighted by Crippen LogP contribution is -2.33. The van der Waals surface area contributed by atoms with Crippen molar-refractivity contribution in [3.05, 3.63) is 16.7 Å². The molecule has 0 spiro atoms. The van der Waals surface area contributed by atoms with Gasteiger partial charge in [0.2, 0.25) is 5.95 Å². The van der Waals surface area contributed by atoms with Gasteiger partial charge in [0, 0.05) is 6.26 Å². The van der Waals surface area contributed by atoms with E-state index in [-0.39, 0.29) is 17.1 Å². The van der Waals surface area contributed by atoms with Crippen molar-refractivity contribution in [2.75, 3.05) is 18.6 Å². The molecule has 1 saturated heterocycles. The average Bonchev–Trinajstić information content (AvgIpc) is 3.02. The van der Waals surface area contributed by atoms with Gasteiger partial charge in [-0.1, -0.05) is 0 Å². The monoisotopic (exact) mass is 329 g/mol. The molecular weight excluding hydrogens is 314 g/mol. The van der Waals surface area contributed by atoms with Crippen LogP contribution in [0.25, 0.3) is 11.2 Å². The van der Waals surface area contributed by atoms with Gasteiger partial charge in [0.15, 0.2) is 17.4 Å². The van der Waals surface area contributed by atoms with Crippen LogP contribution in [0.4, 0.5) is 5.95 Å². The van der Waals surface area contributed by atoms with E-state index in [9.17, 15) is 15.0 Å². The lowest BCUT2D eigenvalue weighted by atomic mass is 10.1. The van der Waals surface area contributed by atoms with E-state index in [1.807, 2.05) is 0 Å². The molecule has 0 amide bonds. The van der Waals surface area contributed by atoms with Gasteiger partial charge in [-0.25, -0.2) is 8.96 Å². The first-order valence-electron chi connectivity index (χ1n) is 6.41. The van der Waals surface area contributed by atoms with E-state index >= 15 is 0 Å². The summed E-state index contributed by atoms with van der Waals surface area (Å²) in [6.07, 6.45) is -1.54. The summed E-state index contributed by atoms with van der Waals surface area (Å²) in [6, 6.07) is 0. The molecule has 2 aromatic rings. The number of hydrogen-bond donors (Lipinski definition) is 4. The molecule has 11 heteroatoms. The van der Waals surface area contributed by atoms with Crippen LogP contribution in [-0.4, -0.2) is 65.0 Å². The quantitative estimate of drug-likeness (QED) is 0.497. The second-order valence-electron chi connectivity index (χ2n) is 4.81. The molecule has 1 fully saturated rings. The maximum absolute atomic E-state index is 12.2. The third kappa shape index (κ3) is 2.09. The van der Waals surface area contributed by atoms with Gasteiger partial charge < -0.3 is 25.8 Å². The van der Waals surface area contributed by atoms with E-state index in [4.69, 9.17) is 15.6 Å². The predicted octanol–water partition coefficient (Wildman–Crippen LogP) is -2.09. The molecular formula is C11H15N5O5S. The summed E-state index contributed by atoms with van der Waals surface area (Å²) >= 11 is 1.10. The van der Waals surface area contributed by atoms with E-state index in [1.165, 1.54) is 14.9 Å². The molecule has 4 atom stereocenters. The minimum atomic E-state index is -1.29. The van der Waals surface area contributed by atoms with Crippen LogP contribution in [0.15, 0.2) is 11.1 Å². The molecule has 0 radical (unpaired) electrons. The van der Waals surface area contributed by atoms with Gasteiger partial charge >= 0.3 is 0 Å². The Morgan fingerprint density at radius 2 is 2.18 bits per heavy atom. The second-order valence-corrected chi connectivity index (χ2v) is 5.54. The minimum absolute atomic E-state index is 0.0153. The van der Waals surface area contributed by atoms with Crippen LogP contribution >= 0.6 is 11.9 Å². The van der Waals surface area contributed by atoms with Gasteiger partial charge in [-0.05, 0) is 11.9 Å². The fourth-order valence-corrected chi connectivity index (χ4v) is 2.92. The largest absolute Gasteiger partial charge is 0.394 e. The minimum Gasteiger partial charge on any atom is -0.394 e. The maximum Gasteiger partial charge on any atom is 0.293 e. The first kappa shape index (κ1) is 15.2. The first-order valence-corrected chi connectivity index (χ1v) is 7.59. The predicted molar refractivity (Wildman–Crippen MR) is 78.1 cm³/mol. The summed E-state index contributed by atoms with van der Waals surface area (Å²) in [4.78, 5) is 20.3. The first-order chi connectivity index (χ1) is 10.5. The molecule has 120 valence electrons. The number of nitrogens with two attached hydrogens (primary N) is 1. The average molecular weight is 329 g/mol. The van der Waals surface area contributed by atoms with E-state index < -0.39 is 36.7 Å². The Morgan fingerprint density at radius 3 is 2.77 bits per heavy atom. The van der Waals surface area contributed by atoms with Crippen LogP contribution in [0.2, 0.25) is 0 Å². The number of aliphatic hydroxyl groups excluding tert-OH is 3. The van der Waals surface area contributed by atoms with E-state index in [2.05, 4.69) is 9.97 Å². The molecule has 2 aromatic heterocycles. The van der Waals surface area contributed by atoms with Crippen molar-refractivity contribution in [2.45, 2.75) is 24.5 Å². The Morgan fingerprint density at radius 1 is 1.45 bits per heavy atom. The SMILES string of the molecule is CSn1c(N)nc2c(ncn2[C@@H]2O[C@H](CO)[C@@H](O)[C@H]2O)c1=O. The topological polar surface area (TPSA) is 149 Å². The van der Waals surface area contributed by atoms with Crippen LogP contribution in [0.1, 0.15) is 6.23 Å². The zero-order valence-electron chi connectivity index (χ0n) is 11.5. The number of aliphatic hydroxyl groups is 3. The van der Waals surface area contributed by atoms with Gasteiger partial charge in [0.1, 0.15) is 18.3 Å². The highest BCUT2D eigenvalue weighted by Crippen LogP contribution is 2.31. The van der Waals surface area contributed by atoms with Crippen molar-refractivity contribution in [2.24, 2.45) is 0 Å². The van der Waals surface area contributed by atoms with Crippen molar-refractivity contribution in [3.8, 4) is 0 Å². The highest BCUT2D eigenvalue weighted by atomic mass is 32.2. The lowest BCUT2D eigenvalue weighted by Gasteiger charge is -2.16. The highest BCUT2D eigenvalue weighted by molar-refractivity contribution is 7.97. The third-order valence-corrected chi connectivity index (χ3v) is 4.28. The lowest BCUT2D eigenvalue weighted by molar-refractivity contribution is -0.0511. The van der Waals surface area contributed by atoms with Crippen LogP contribution in [0, 0.1) is 0 Å². The van der Waals surface area contributed by atoms with Gasteiger partial charge in [-0.3, -0.25) is 9.36 Å². The van der Waals surface area contributed by atoms with E-state index in [0.29, 0.717) is 0 Å². The summed E-state index contributed by atoms with van der Waals surface area (Å²) in [6.45, 7) is -0.448. The summed E-state index contributed by atoms with van der Waals surface area (Å²) in [5.74, 6) is -0.0153. The van der Waals surface area contributed by atoms with Crippen molar-refractivity contribution < 1.29 is 20.1 Å². The zero-order chi connectivity index (χ0) is 16.0. The number of aromatic nitrogens is 4. The van der Waals surface area contributed by atoms with Crippen molar-refractivity contribution in [1.29, 1.82) is 0 Å². The van der Waals surface area contributed by atoms with Gasteiger partial charge in [0.25, 0.3) is 5.56 Å². The smallest absolute Gasteiger partial charge is 0.293 e. The standard InChI is InChI=1S/C11H15N5O5S/c1-22-16-9(20)5-8(14-11(16)12)15(3-13-5)10-7(19)6(18)4(2-17)21-10/h3-4,6-7,10,17-19H,2H2,1H3,(H2,12,14)/t4-,6-,7-,10-/m1/s1. The molecule has 1 aliphatic heterocycles. The summed E-state index contributed by atoms with van der Waals surface area (Å²) in [7, 11) is 0. The van der Waals surface area contributed by atoms with Crippen molar-refractivity contribution in [3.63, 3.8) is 0 Å². The number of ether oxygens (including phenoxy) is 1. The zero-order valence-corrected chi connectivity index (χ0v) is 12.3. The number of fused-ring (bicyclic) bond motifs is 1. The number of anilines is 1. The van der Waals surface area contributed by atoms with Gasteiger partial charge in [-0.15, -0.1) is 0 Å². The van der Waals surface area contributed by atoms with Crippen molar-refractivity contribution >= 4 is 29.1 Å². The summed E-state index contributed by atoms with van der Waals surface area (Å²) in [5, 5.41) is 29.0. The Balaban J connectivity index is 2.12. The van der Waals surface area contributed by atoms with E-state index in [1.54, 1.807) is 6.26 Å². The maximum atomic E-state index is 12.2. The summed E-state index contributed by atoms with van der Waals surface area (Å²) < 4.78 is 7.91. The van der Waals surface area contributed by atoms with Crippen LogP contribution in [-0.2, 0) is 4.74 Å². The number of imidazole rings is 1. The normalized spacial score (nSPS) is 28.5. The fourth-order valence-electron chi connectivity index (χ4n) is 2.44. The second kappa shape index (κ2) is 5.52. The molecule has 22 heavy (non-hydrogen) atoms. The van der Waals surface area contributed by atoms with Crippen LogP contribution < -0.4 is 11.3 Å². The molecule has 0 saturated carbocycles. The Kier molecular flexibility index (Phi) is 3.82. The number of hydrogen-bond acceptors (Lipinski definition) is 9. The van der Waals surface area contributed by atoms with Crippen LogP contribution in [0.5, 0.6) is 0 Å². The molecule has 0 aromatic carbocycles. The third-order valence-electron chi connectivity index (χ3n) is 3.56. The molecule has 10 nitrogen and oxygen atoms in total. The number of nitrogens with zero attached hydrogens (tertiary/aromatic N) is 4. The van der Waals surface area contributed by atoms with E-state index in [0.717, 1.165) is 11.9 Å². The molecule has 0 aliphatic carbocycles. The van der Waals surface area contributed by atoms with Crippen molar-refractivity contribution in [1.82, 2.24) is 18.5 Å². The number of nitrogen functional groups attached to an aromatic ring is 1. The summed E-state index contributed by atoms with van der Waals surface area (Å²) in [5.41, 5.74) is 5.52. The Labute approximate surface area is 128 Å². The number of rotatable bonds is 3. The Hall–Kier alpha value is -1.66. The molecule has 0 bridgehead atoms. The molecule has 1 aliphatic rings. The van der Waals surface area contributed by atoms with Gasteiger partial charge in [-0.2, -0.15) is 4.98 Å². The molecule has 5 N–H and O–H groups in total. The van der Waals surface area contributed by atoms with Crippen LogP contribution in [0.3, 0.4) is 0 Å². The van der Waals surface area contributed by atoms with Gasteiger partial charge in [0.05, 0.1) is 12.9 Å². The fraction of sp³-hybridized carbons (Fsp3) is 0.545.